The van der Waals surface area contributed by atoms with Crippen molar-refractivity contribution in [1.29, 1.82) is 0 Å². The fourth-order valence-electron chi connectivity index (χ4n) is 3.68. The molecule has 1 N–H and O–H groups in total. The summed E-state index contributed by atoms with van der Waals surface area (Å²) in [6.07, 6.45) is 4.14. The van der Waals surface area contributed by atoms with Crippen LogP contribution in [0, 0.1) is 11.7 Å². The zero-order chi connectivity index (χ0) is 18.1. The summed E-state index contributed by atoms with van der Waals surface area (Å²) in [5, 5.41) is 14.0. The highest BCUT2D eigenvalue weighted by Gasteiger charge is 2.48. The normalized spacial score (nSPS) is 19.5. The molecule has 2 fully saturated rings. The Balaban J connectivity index is 1.29. The highest BCUT2D eigenvalue weighted by molar-refractivity contribution is 5.76. The van der Waals surface area contributed by atoms with Crippen LogP contribution in [0.25, 0.3) is 11.4 Å². The van der Waals surface area contributed by atoms with Crippen molar-refractivity contribution in [2.24, 2.45) is 5.92 Å². The summed E-state index contributed by atoms with van der Waals surface area (Å²) in [5.74, 6) is 0.502. The number of aryl methyl sites for hydroxylation is 1. The van der Waals surface area contributed by atoms with Crippen LogP contribution < -0.4 is 0 Å². The van der Waals surface area contributed by atoms with E-state index in [-0.39, 0.29) is 23.7 Å². The van der Waals surface area contributed by atoms with E-state index in [9.17, 15) is 14.3 Å². The van der Waals surface area contributed by atoms with Crippen LogP contribution in [0.15, 0.2) is 28.8 Å². The molecule has 1 aromatic carbocycles. The molecule has 26 heavy (non-hydrogen) atoms. The van der Waals surface area contributed by atoms with Crippen molar-refractivity contribution in [3.05, 3.63) is 36.0 Å². The first kappa shape index (κ1) is 17.1. The molecule has 138 valence electrons. The van der Waals surface area contributed by atoms with Crippen molar-refractivity contribution < 1.29 is 18.8 Å². The summed E-state index contributed by atoms with van der Waals surface area (Å²) in [5.41, 5.74) is -0.170. The number of carbonyl (C=O) groups excluding carboxylic acids is 1. The number of hydrogen-bond donors (Lipinski definition) is 1. The van der Waals surface area contributed by atoms with Crippen LogP contribution >= 0.6 is 0 Å². The summed E-state index contributed by atoms with van der Waals surface area (Å²) >= 11 is 0. The summed E-state index contributed by atoms with van der Waals surface area (Å²) in [7, 11) is 0. The van der Waals surface area contributed by atoms with Crippen molar-refractivity contribution in [1.82, 2.24) is 15.0 Å². The number of piperidine rings is 1. The van der Waals surface area contributed by atoms with E-state index in [4.69, 9.17) is 4.52 Å². The van der Waals surface area contributed by atoms with Gasteiger partial charge in [-0.25, -0.2) is 4.39 Å². The molecule has 0 unspecified atom stereocenters. The Kier molecular flexibility index (Phi) is 4.48. The third kappa shape index (κ3) is 3.49. The van der Waals surface area contributed by atoms with E-state index in [1.54, 1.807) is 18.2 Å². The lowest BCUT2D eigenvalue weighted by Crippen LogP contribution is -2.41. The summed E-state index contributed by atoms with van der Waals surface area (Å²) in [6.45, 7) is 1.38. The van der Waals surface area contributed by atoms with Gasteiger partial charge in [0, 0.05) is 25.9 Å². The number of carbonyl (C=O) groups is 1. The molecular weight excluding hydrogens is 337 g/mol. The van der Waals surface area contributed by atoms with Crippen molar-refractivity contribution in [2.45, 2.75) is 44.1 Å². The largest absolute Gasteiger partial charge is 0.390 e. The van der Waals surface area contributed by atoms with E-state index in [0.29, 0.717) is 31.3 Å². The lowest BCUT2D eigenvalue weighted by atomic mass is 9.89. The number of rotatable bonds is 5. The number of aliphatic hydroxyl groups is 1. The highest BCUT2D eigenvalue weighted by Crippen LogP contribution is 2.46. The molecule has 2 aromatic rings. The van der Waals surface area contributed by atoms with Gasteiger partial charge in [-0.15, -0.1) is 0 Å². The summed E-state index contributed by atoms with van der Waals surface area (Å²) in [6, 6.07) is 6.24. The number of amides is 1. The van der Waals surface area contributed by atoms with E-state index in [1.165, 1.54) is 6.07 Å². The van der Waals surface area contributed by atoms with Crippen LogP contribution in [0.3, 0.4) is 0 Å². The Morgan fingerprint density at radius 1 is 1.31 bits per heavy atom. The molecule has 2 heterocycles. The number of hydrogen-bond acceptors (Lipinski definition) is 5. The molecule has 0 atom stereocenters. The predicted octanol–water partition coefficient (Wildman–Crippen LogP) is 2.57. The van der Waals surface area contributed by atoms with Gasteiger partial charge in [-0.1, -0.05) is 17.3 Å². The smallest absolute Gasteiger partial charge is 0.227 e. The maximum atomic E-state index is 13.8. The second-order valence-corrected chi connectivity index (χ2v) is 7.25. The van der Waals surface area contributed by atoms with Crippen molar-refractivity contribution in [2.75, 3.05) is 13.1 Å². The van der Waals surface area contributed by atoms with E-state index in [1.807, 2.05) is 4.90 Å². The number of likely N-dealkylation sites (tertiary alicyclic amines) is 1. The Labute approximate surface area is 151 Å². The fraction of sp³-hybridized carbons (Fsp3) is 0.526. The lowest BCUT2D eigenvalue weighted by molar-refractivity contribution is -0.133. The minimum atomic E-state index is -0.456. The van der Waals surface area contributed by atoms with Gasteiger partial charge < -0.3 is 14.5 Å². The minimum Gasteiger partial charge on any atom is -0.390 e. The topological polar surface area (TPSA) is 79.5 Å². The van der Waals surface area contributed by atoms with Crippen molar-refractivity contribution in [3.8, 4) is 11.4 Å². The van der Waals surface area contributed by atoms with E-state index in [2.05, 4.69) is 10.1 Å². The molecule has 1 aliphatic carbocycles. The third-order valence-corrected chi connectivity index (χ3v) is 5.51. The second kappa shape index (κ2) is 6.79. The molecule has 0 spiro atoms. The fourth-order valence-corrected chi connectivity index (χ4v) is 3.68. The van der Waals surface area contributed by atoms with E-state index >= 15 is 0 Å². The van der Waals surface area contributed by atoms with E-state index < -0.39 is 11.4 Å². The van der Waals surface area contributed by atoms with Gasteiger partial charge in [0.1, 0.15) is 5.82 Å². The van der Waals surface area contributed by atoms with Gasteiger partial charge in [-0.3, -0.25) is 4.79 Å². The number of halogens is 1. The molecule has 1 amide bonds. The standard InChI is InChI=1S/C19H22FN3O3/c20-15-4-2-1-3-14(15)18-21-16(26-22-18)5-6-17(24)23-11-7-13(8-12-23)19(25)9-10-19/h1-4,13,25H,5-12H2. The van der Waals surface area contributed by atoms with Gasteiger partial charge in [0.25, 0.3) is 0 Å². The molecular formula is C19H22FN3O3. The SMILES string of the molecule is O=C(CCc1nc(-c2ccccc2F)no1)N1CCC(C2(O)CC2)CC1. The van der Waals surface area contributed by atoms with Gasteiger partial charge in [0.2, 0.25) is 17.6 Å². The lowest BCUT2D eigenvalue weighted by Gasteiger charge is -2.34. The Morgan fingerprint density at radius 2 is 2.04 bits per heavy atom. The molecule has 7 heteroatoms. The zero-order valence-electron chi connectivity index (χ0n) is 14.5. The second-order valence-electron chi connectivity index (χ2n) is 7.25. The molecule has 4 rings (SSSR count). The first-order valence-electron chi connectivity index (χ1n) is 9.13. The monoisotopic (exact) mass is 359 g/mol. The predicted molar refractivity (Wildman–Crippen MR) is 91.5 cm³/mol. The molecule has 0 radical (unpaired) electrons. The Hall–Kier alpha value is -2.28. The van der Waals surface area contributed by atoms with Gasteiger partial charge in [-0.05, 0) is 43.7 Å². The number of nitrogens with zero attached hydrogens (tertiary/aromatic N) is 3. The maximum absolute atomic E-state index is 13.8. The van der Waals surface area contributed by atoms with Crippen molar-refractivity contribution >= 4 is 5.91 Å². The quantitative estimate of drug-likeness (QED) is 0.888. The average Bonchev–Trinajstić information content (AvgIpc) is 3.24. The van der Waals surface area contributed by atoms with Gasteiger partial charge in [-0.2, -0.15) is 4.98 Å². The Bertz CT molecular complexity index is 795. The molecule has 0 bridgehead atoms. The van der Waals surface area contributed by atoms with Gasteiger partial charge in [0.05, 0.1) is 11.2 Å². The first-order chi connectivity index (χ1) is 12.5. The first-order valence-corrected chi connectivity index (χ1v) is 9.13. The zero-order valence-corrected chi connectivity index (χ0v) is 14.5. The van der Waals surface area contributed by atoms with Crippen LogP contribution in [-0.4, -0.2) is 44.7 Å². The molecule has 1 aromatic heterocycles. The Morgan fingerprint density at radius 3 is 2.73 bits per heavy atom. The summed E-state index contributed by atoms with van der Waals surface area (Å²) < 4.78 is 18.9. The van der Waals surface area contributed by atoms with Crippen LogP contribution in [0.2, 0.25) is 0 Å². The molecule has 2 aliphatic rings. The third-order valence-electron chi connectivity index (χ3n) is 5.51. The van der Waals surface area contributed by atoms with Crippen LogP contribution in [0.1, 0.15) is 38.0 Å². The van der Waals surface area contributed by atoms with Crippen molar-refractivity contribution in [3.63, 3.8) is 0 Å². The molecule has 1 aliphatic heterocycles. The summed E-state index contributed by atoms with van der Waals surface area (Å²) in [4.78, 5) is 18.4. The highest BCUT2D eigenvalue weighted by atomic mass is 19.1. The number of benzene rings is 1. The maximum Gasteiger partial charge on any atom is 0.227 e. The van der Waals surface area contributed by atoms with E-state index in [0.717, 1.165) is 25.7 Å². The van der Waals surface area contributed by atoms with Gasteiger partial charge in [0.15, 0.2) is 0 Å². The average molecular weight is 359 g/mol. The molecule has 1 saturated heterocycles. The molecule has 6 nitrogen and oxygen atoms in total. The van der Waals surface area contributed by atoms with Crippen LogP contribution in [0.4, 0.5) is 4.39 Å². The van der Waals surface area contributed by atoms with Gasteiger partial charge >= 0.3 is 0 Å². The van der Waals surface area contributed by atoms with Crippen LogP contribution in [0.5, 0.6) is 0 Å². The van der Waals surface area contributed by atoms with Crippen LogP contribution in [-0.2, 0) is 11.2 Å². The number of aromatic nitrogens is 2. The molecule has 1 saturated carbocycles. The minimum absolute atomic E-state index is 0.0527.